The third kappa shape index (κ3) is 4.98. The number of hydrogen-bond donors (Lipinski definition) is 3. The van der Waals surface area contributed by atoms with Crippen LogP contribution >= 0.6 is 0 Å². The van der Waals surface area contributed by atoms with Crippen molar-refractivity contribution >= 4 is 5.69 Å². The van der Waals surface area contributed by atoms with Crippen molar-refractivity contribution in [3.05, 3.63) is 87.9 Å². The summed E-state index contributed by atoms with van der Waals surface area (Å²) in [6, 6.07) is 6.06. The average molecular weight is 380 g/mol. The summed E-state index contributed by atoms with van der Waals surface area (Å²) in [5.41, 5.74) is 22.4. The highest BCUT2D eigenvalue weighted by molar-refractivity contribution is 5.62. The topological polar surface area (TPSA) is 64.1 Å². The lowest BCUT2D eigenvalue weighted by molar-refractivity contribution is 0.786. The number of benzene rings is 1. The zero-order chi connectivity index (χ0) is 21.6. The smallest absolute Gasteiger partial charge is 0.0656 e. The van der Waals surface area contributed by atoms with Gasteiger partial charge in [-0.05, 0) is 69.0 Å². The van der Waals surface area contributed by atoms with E-state index in [9.17, 15) is 0 Å². The summed E-state index contributed by atoms with van der Waals surface area (Å²) < 4.78 is 0. The number of nitrogen functional groups attached to an aromatic ring is 1. The number of allylic oxidation sites excluding steroid dienone is 6. The Morgan fingerprint density at radius 2 is 1.64 bits per heavy atom. The van der Waals surface area contributed by atoms with Crippen molar-refractivity contribution in [1.82, 2.24) is 5.32 Å². The largest absolute Gasteiger partial charge is 0.399 e. The molecule has 3 nitrogen and oxygen atoms in total. The van der Waals surface area contributed by atoms with Gasteiger partial charge in [-0.15, -0.1) is 0 Å². The SMILES string of the molecule is C=C(C)C1=C(C)NC(/C(N)=C\C)=C(C(=C)C)C1c1ccc(N)cc1C.CCC. The molecule has 28 heavy (non-hydrogen) atoms. The van der Waals surface area contributed by atoms with E-state index in [2.05, 4.69) is 52.2 Å². The Morgan fingerprint density at radius 1 is 1.11 bits per heavy atom. The summed E-state index contributed by atoms with van der Waals surface area (Å²) in [4.78, 5) is 0. The number of dihydropyridines is 1. The van der Waals surface area contributed by atoms with Crippen LogP contribution in [0.15, 0.2) is 76.8 Å². The normalized spacial score (nSPS) is 17.0. The van der Waals surface area contributed by atoms with Crippen LogP contribution in [0.2, 0.25) is 0 Å². The fourth-order valence-corrected chi connectivity index (χ4v) is 3.56. The quantitative estimate of drug-likeness (QED) is 0.544. The van der Waals surface area contributed by atoms with Crippen molar-refractivity contribution in [2.45, 2.75) is 60.8 Å². The van der Waals surface area contributed by atoms with Gasteiger partial charge in [0.25, 0.3) is 0 Å². The van der Waals surface area contributed by atoms with Gasteiger partial charge in [0.05, 0.1) is 11.4 Å². The van der Waals surface area contributed by atoms with Crippen LogP contribution in [0.3, 0.4) is 0 Å². The monoisotopic (exact) mass is 379 g/mol. The van der Waals surface area contributed by atoms with Crippen molar-refractivity contribution < 1.29 is 0 Å². The minimum atomic E-state index is 0.0327. The van der Waals surface area contributed by atoms with Gasteiger partial charge >= 0.3 is 0 Å². The van der Waals surface area contributed by atoms with E-state index in [0.717, 1.165) is 45.1 Å². The Bertz CT molecular complexity index is 851. The van der Waals surface area contributed by atoms with Crippen LogP contribution in [0, 0.1) is 6.92 Å². The van der Waals surface area contributed by atoms with Crippen LogP contribution in [-0.4, -0.2) is 0 Å². The predicted molar refractivity (Wildman–Crippen MR) is 125 cm³/mol. The number of nitrogens with one attached hydrogen (secondary N) is 1. The molecule has 0 bridgehead atoms. The van der Waals surface area contributed by atoms with E-state index in [-0.39, 0.29) is 5.92 Å². The molecule has 0 saturated carbocycles. The van der Waals surface area contributed by atoms with Crippen molar-refractivity contribution in [1.29, 1.82) is 0 Å². The fraction of sp³-hybridized carbons (Fsp3) is 0.360. The molecule has 0 spiro atoms. The Morgan fingerprint density at radius 3 is 2.07 bits per heavy atom. The summed E-state index contributed by atoms with van der Waals surface area (Å²) in [6.45, 7) is 22.9. The van der Waals surface area contributed by atoms with E-state index in [0.29, 0.717) is 0 Å². The molecular weight excluding hydrogens is 342 g/mol. The molecule has 1 atom stereocenters. The first-order valence-corrected chi connectivity index (χ1v) is 9.92. The lowest BCUT2D eigenvalue weighted by atomic mass is 9.74. The number of rotatable bonds is 4. The summed E-state index contributed by atoms with van der Waals surface area (Å²) in [5.74, 6) is 0.0327. The molecule has 1 aromatic rings. The van der Waals surface area contributed by atoms with Crippen molar-refractivity contribution in [2.75, 3.05) is 5.73 Å². The molecule has 0 aliphatic carbocycles. The van der Waals surface area contributed by atoms with Crippen molar-refractivity contribution in [3.8, 4) is 0 Å². The Labute approximate surface area is 171 Å². The van der Waals surface area contributed by atoms with Crippen LogP contribution in [0.25, 0.3) is 0 Å². The minimum absolute atomic E-state index is 0.0327. The fourth-order valence-electron chi connectivity index (χ4n) is 3.56. The standard InChI is InChI=1S/C22H29N3.C3H8/c1-8-18(24)22-20(13(4)5)21(19(12(2)3)15(7)25-22)17-10-9-16(23)11-14(17)6;1-3-2/h8-11,21,25H,2,4,23-24H2,1,3,5-7H3;3H2,1-2H3/b18-8+;. The Balaban J connectivity index is 0.00000122. The number of aryl methyl sites for hydroxylation is 1. The lowest BCUT2D eigenvalue weighted by Gasteiger charge is -2.35. The second kappa shape index (κ2) is 10.0. The number of nitrogens with two attached hydrogens (primary N) is 2. The molecule has 2 rings (SSSR count). The Hall–Kier alpha value is -2.68. The van der Waals surface area contributed by atoms with Gasteiger partial charge in [0, 0.05) is 17.3 Å². The summed E-state index contributed by atoms with van der Waals surface area (Å²) in [7, 11) is 0. The minimum Gasteiger partial charge on any atom is -0.399 e. The maximum absolute atomic E-state index is 6.30. The molecule has 5 N–H and O–H groups in total. The first kappa shape index (κ1) is 23.4. The van der Waals surface area contributed by atoms with Crippen LogP contribution < -0.4 is 16.8 Å². The molecule has 0 saturated heterocycles. The van der Waals surface area contributed by atoms with Gasteiger partial charge in [-0.25, -0.2) is 0 Å². The molecule has 0 fully saturated rings. The lowest BCUT2D eigenvalue weighted by Crippen LogP contribution is -2.29. The van der Waals surface area contributed by atoms with Crippen LogP contribution in [0.1, 0.15) is 65.0 Å². The molecule has 0 amide bonds. The van der Waals surface area contributed by atoms with Gasteiger partial charge in [-0.3, -0.25) is 0 Å². The van der Waals surface area contributed by atoms with Crippen molar-refractivity contribution in [2.24, 2.45) is 5.73 Å². The summed E-state index contributed by atoms with van der Waals surface area (Å²) in [6.07, 6.45) is 3.16. The van der Waals surface area contributed by atoms with Gasteiger partial charge in [-0.2, -0.15) is 0 Å². The first-order chi connectivity index (χ1) is 13.1. The third-order valence-corrected chi connectivity index (χ3v) is 4.69. The molecule has 1 aliphatic heterocycles. The summed E-state index contributed by atoms with van der Waals surface area (Å²) >= 11 is 0. The molecule has 1 unspecified atom stereocenters. The number of hydrogen-bond acceptors (Lipinski definition) is 3. The Kier molecular flexibility index (Phi) is 8.36. The molecule has 0 radical (unpaired) electrons. The van der Waals surface area contributed by atoms with E-state index >= 15 is 0 Å². The summed E-state index contributed by atoms with van der Waals surface area (Å²) in [5, 5.41) is 3.48. The first-order valence-electron chi connectivity index (χ1n) is 9.92. The second-order valence-electron chi connectivity index (χ2n) is 7.51. The molecule has 1 aromatic carbocycles. The predicted octanol–water partition coefficient (Wildman–Crippen LogP) is 6.22. The molecular formula is C25H37N3. The third-order valence-electron chi connectivity index (χ3n) is 4.69. The van der Waals surface area contributed by atoms with Crippen LogP contribution in [-0.2, 0) is 0 Å². The highest BCUT2D eigenvalue weighted by Crippen LogP contribution is 2.45. The second-order valence-corrected chi connectivity index (χ2v) is 7.51. The van der Waals surface area contributed by atoms with E-state index in [1.165, 1.54) is 17.6 Å². The molecule has 0 aromatic heterocycles. The van der Waals surface area contributed by atoms with E-state index < -0.39 is 0 Å². The van der Waals surface area contributed by atoms with E-state index in [1.807, 2.05) is 39.0 Å². The van der Waals surface area contributed by atoms with Crippen molar-refractivity contribution in [3.63, 3.8) is 0 Å². The van der Waals surface area contributed by atoms with Crippen LogP contribution in [0.4, 0.5) is 5.69 Å². The van der Waals surface area contributed by atoms with E-state index in [4.69, 9.17) is 11.5 Å². The molecule has 1 aliphatic rings. The average Bonchev–Trinajstić information content (AvgIpc) is 2.60. The maximum Gasteiger partial charge on any atom is 0.0656 e. The van der Waals surface area contributed by atoms with Gasteiger partial charge in [0.1, 0.15) is 0 Å². The molecule has 3 heteroatoms. The molecule has 1 heterocycles. The van der Waals surface area contributed by atoms with Gasteiger partial charge in [-0.1, -0.05) is 56.7 Å². The van der Waals surface area contributed by atoms with E-state index in [1.54, 1.807) is 0 Å². The maximum atomic E-state index is 6.30. The molecule has 152 valence electrons. The highest BCUT2D eigenvalue weighted by Gasteiger charge is 2.32. The van der Waals surface area contributed by atoms with Gasteiger partial charge in [0.2, 0.25) is 0 Å². The zero-order valence-electron chi connectivity index (χ0n) is 18.7. The van der Waals surface area contributed by atoms with Gasteiger partial charge in [0.15, 0.2) is 0 Å². The number of anilines is 1. The zero-order valence-corrected chi connectivity index (χ0v) is 18.7. The van der Waals surface area contributed by atoms with Gasteiger partial charge < -0.3 is 16.8 Å². The highest BCUT2D eigenvalue weighted by atomic mass is 14.9. The van der Waals surface area contributed by atoms with Crippen LogP contribution in [0.5, 0.6) is 0 Å².